The summed E-state index contributed by atoms with van der Waals surface area (Å²) < 4.78 is 28.8. The van der Waals surface area contributed by atoms with E-state index in [1.54, 1.807) is 55.1 Å². The summed E-state index contributed by atoms with van der Waals surface area (Å²) in [6.07, 6.45) is 2.48. The molecule has 1 fully saturated rings. The number of hydrogen-bond acceptors (Lipinski definition) is 4. The summed E-state index contributed by atoms with van der Waals surface area (Å²) in [5, 5.41) is 10.3. The number of aliphatic carboxylic acids is 1. The SMILES string of the molecule is CCCCS[C@@H]1C[C@@H](c2ccc(Cl)cc2)N(S(=O)(=O)c2ccccc2C)C[C@H]1C(=O)O. The van der Waals surface area contributed by atoms with Crippen molar-refractivity contribution in [3.63, 3.8) is 0 Å². The molecular weight excluding hydrogens is 454 g/mol. The molecule has 0 amide bonds. The maximum Gasteiger partial charge on any atom is 0.308 e. The third kappa shape index (κ3) is 5.45. The van der Waals surface area contributed by atoms with Crippen LogP contribution >= 0.6 is 23.4 Å². The second-order valence-electron chi connectivity index (χ2n) is 7.85. The highest BCUT2D eigenvalue weighted by Crippen LogP contribution is 2.42. The Kier molecular flexibility index (Phi) is 8.08. The lowest BCUT2D eigenvalue weighted by molar-refractivity contribution is -0.143. The lowest BCUT2D eigenvalue weighted by atomic mass is 9.90. The second-order valence-corrected chi connectivity index (χ2v) is 11.5. The van der Waals surface area contributed by atoms with Gasteiger partial charge in [0, 0.05) is 16.8 Å². The van der Waals surface area contributed by atoms with Crippen LogP contribution in [0.2, 0.25) is 5.02 Å². The molecule has 1 N–H and O–H groups in total. The molecule has 0 spiro atoms. The molecule has 0 bridgehead atoms. The second kappa shape index (κ2) is 10.4. The van der Waals surface area contributed by atoms with Gasteiger partial charge in [-0.3, -0.25) is 4.79 Å². The lowest BCUT2D eigenvalue weighted by Gasteiger charge is -2.42. The number of rotatable bonds is 8. The zero-order chi connectivity index (χ0) is 22.6. The maximum absolute atomic E-state index is 13.7. The molecule has 5 nitrogen and oxygen atoms in total. The minimum absolute atomic E-state index is 0.0525. The van der Waals surface area contributed by atoms with Gasteiger partial charge < -0.3 is 5.11 Å². The minimum Gasteiger partial charge on any atom is -0.481 e. The van der Waals surface area contributed by atoms with E-state index in [2.05, 4.69) is 6.92 Å². The lowest BCUT2D eigenvalue weighted by Crippen LogP contribution is -2.49. The van der Waals surface area contributed by atoms with Gasteiger partial charge in [0.15, 0.2) is 0 Å². The van der Waals surface area contributed by atoms with E-state index in [0.29, 0.717) is 17.0 Å². The first kappa shape index (κ1) is 24.1. The minimum atomic E-state index is -3.89. The fourth-order valence-corrected chi connectivity index (χ4v) is 7.48. The van der Waals surface area contributed by atoms with Crippen LogP contribution in [0, 0.1) is 12.8 Å². The number of halogens is 1. The van der Waals surface area contributed by atoms with Crippen molar-refractivity contribution in [3.05, 3.63) is 64.7 Å². The molecule has 0 unspecified atom stereocenters. The first-order chi connectivity index (χ1) is 14.8. The van der Waals surface area contributed by atoms with Crippen LogP contribution in [0.5, 0.6) is 0 Å². The van der Waals surface area contributed by atoms with E-state index < -0.39 is 28.0 Å². The molecule has 3 atom stereocenters. The Morgan fingerprint density at radius 2 is 1.87 bits per heavy atom. The van der Waals surface area contributed by atoms with Gasteiger partial charge in [0.1, 0.15) is 0 Å². The van der Waals surface area contributed by atoms with Crippen molar-refractivity contribution in [2.75, 3.05) is 12.3 Å². The van der Waals surface area contributed by atoms with Crippen molar-refractivity contribution < 1.29 is 18.3 Å². The van der Waals surface area contributed by atoms with Gasteiger partial charge in [-0.1, -0.05) is 55.3 Å². The average molecular weight is 482 g/mol. The van der Waals surface area contributed by atoms with E-state index in [0.717, 1.165) is 24.2 Å². The van der Waals surface area contributed by atoms with Gasteiger partial charge in [-0.05, 0) is 54.8 Å². The monoisotopic (exact) mass is 481 g/mol. The first-order valence-corrected chi connectivity index (χ1v) is 13.3. The molecule has 1 aliphatic rings. The third-order valence-electron chi connectivity index (χ3n) is 5.71. The summed E-state index contributed by atoms with van der Waals surface area (Å²) in [7, 11) is -3.89. The van der Waals surface area contributed by atoms with Gasteiger partial charge >= 0.3 is 5.97 Å². The Labute approximate surface area is 193 Å². The molecular formula is C23H28ClNO4S2. The number of sulfonamides is 1. The Balaban J connectivity index is 2.04. The fourth-order valence-electron chi connectivity index (χ4n) is 3.97. The van der Waals surface area contributed by atoms with E-state index in [-0.39, 0.29) is 16.7 Å². The van der Waals surface area contributed by atoms with Crippen molar-refractivity contribution in [3.8, 4) is 0 Å². The Morgan fingerprint density at radius 3 is 2.48 bits per heavy atom. The zero-order valence-electron chi connectivity index (χ0n) is 17.7. The van der Waals surface area contributed by atoms with E-state index in [1.165, 1.54) is 4.31 Å². The number of thioether (sulfide) groups is 1. The van der Waals surface area contributed by atoms with E-state index >= 15 is 0 Å². The molecule has 168 valence electrons. The van der Waals surface area contributed by atoms with Crippen LogP contribution in [0.1, 0.15) is 43.4 Å². The average Bonchev–Trinajstić information content (AvgIpc) is 2.74. The molecule has 3 rings (SSSR count). The standard InChI is InChI=1S/C23H28ClNO4S2/c1-3-4-13-30-21-14-20(17-9-11-18(24)12-10-17)25(15-19(21)23(26)27)31(28,29)22-8-6-5-7-16(22)2/h5-12,19-21H,3-4,13-15H2,1-2H3,(H,26,27)/t19-,20+,21-/m1/s1. The number of piperidine rings is 1. The topological polar surface area (TPSA) is 74.7 Å². The van der Waals surface area contributed by atoms with Gasteiger partial charge in [0.2, 0.25) is 10.0 Å². The third-order valence-corrected chi connectivity index (χ3v) is 9.47. The van der Waals surface area contributed by atoms with Gasteiger partial charge in [-0.25, -0.2) is 8.42 Å². The normalized spacial score (nSPS) is 22.4. The Hall–Kier alpha value is -1.54. The van der Waals surface area contributed by atoms with E-state index in [4.69, 9.17) is 11.6 Å². The first-order valence-electron chi connectivity index (χ1n) is 10.4. The smallest absolute Gasteiger partial charge is 0.308 e. The Bertz CT molecular complexity index is 1010. The molecule has 0 radical (unpaired) electrons. The molecule has 0 aromatic heterocycles. The van der Waals surface area contributed by atoms with E-state index in [9.17, 15) is 18.3 Å². The van der Waals surface area contributed by atoms with Crippen LogP contribution < -0.4 is 0 Å². The molecule has 0 aliphatic carbocycles. The van der Waals surface area contributed by atoms with Gasteiger partial charge in [0.05, 0.1) is 16.9 Å². The molecule has 8 heteroatoms. The fraction of sp³-hybridized carbons (Fsp3) is 0.435. The van der Waals surface area contributed by atoms with E-state index in [1.807, 2.05) is 12.1 Å². The number of carbonyl (C=O) groups is 1. The van der Waals surface area contributed by atoms with Crippen LogP contribution in [0.3, 0.4) is 0 Å². The number of aryl methyl sites for hydroxylation is 1. The highest BCUT2D eigenvalue weighted by molar-refractivity contribution is 7.99. The zero-order valence-corrected chi connectivity index (χ0v) is 20.1. The number of carboxylic acids is 1. The maximum atomic E-state index is 13.7. The molecule has 1 saturated heterocycles. The van der Waals surface area contributed by atoms with Gasteiger partial charge in [-0.15, -0.1) is 0 Å². The molecule has 0 saturated carbocycles. The number of unbranched alkanes of at least 4 members (excludes halogenated alkanes) is 1. The summed E-state index contributed by atoms with van der Waals surface area (Å²) >= 11 is 7.70. The molecule has 1 heterocycles. The predicted octanol–water partition coefficient (Wildman–Crippen LogP) is 5.39. The van der Waals surface area contributed by atoms with Crippen molar-refractivity contribution in [1.29, 1.82) is 0 Å². The van der Waals surface area contributed by atoms with Crippen molar-refractivity contribution >= 4 is 39.4 Å². The molecule has 31 heavy (non-hydrogen) atoms. The summed E-state index contributed by atoms with van der Waals surface area (Å²) in [6, 6.07) is 13.5. The summed E-state index contributed by atoms with van der Waals surface area (Å²) in [6.45, 7) is 3.80. The van der Waals surface area contributed by atoms with Crippen LogP contribution in [0.25, 0.3) is 0 Å². The molecule has 2 aromatic carbocycles. The quantitative estimate of drug-likeness (QED) is 0.512. The van der Waals surface area contributed by atoms with Crippen molar-refractivity contribution in [2.24, 2.45) is 5.92 Å². The summed E-state index contributed by atoms with van der Waals surface area (Å²) in [4.78, 5) is 12.3. The van der Waals surface area contributed by atoms with Crippen LogP contribution in [-0.2, 0) is 14.8 Å². The molecule has 1 aliphatic heterocycles. The highest BCUT2D eigenvalue weighted by Gasteiger charge is 2.45. The molecule has 2 aromatic rings. The van der Waals surface area contributed by atoms with Gasteiger partial charge in [-0.2, -0.15) is 16.1 Å². The number of benzene rings is 2. The number of carboxylic acid groups (broad SMARTS) is 1. The predicted molar refractivity (Wildman–Crippen MR) is 126 cm³/mol. The van der Waals surface area contributed by atoms with Crippen molar-refractivity contribution in [2.45, 2.75) is 49.3 Å². The number of hydrogen-bond donors (Lipinski definition) is 1. The van der Waals surface area contributed by atoms with Crippen LogP contribution in [-0.4, -0.2) is 41.3 Å². The van der Waals surface area contributed by atoms with Crippen LogP contribution in [0.15, 0.2) is 53.4 Å². The summed E-state index contributed by atoms with van der Waals surface area (Å²) in [5.74, 6) is -0.847. The van der Waals surface area contributed by atoms with Crippen molar-refractivity contribution in [1.82, 2.24) is 4.31 Å². The van der Waals surface area contributed by atoms with Crippen LogP contribution in [0.4, 0.5) is 0 Å². The number of nitrogens with zero attached hydrogens (tertiary/aromatic N) is 1. The highest BCUT2D eigenvalue weighted by atomic mass is 35.5. The van der Waals surface area contributed by atoms with Gasteiger partial charge in [0.25, 0.3) is 0 Å². The Morgan fingerprint density at radius 1 is 1.19 bits per heavy atom. The summed E-state index contributed by atoms with van der Waals surface area (Å²) in [5.41, 5.74) is 1.47. The largest absolute Gasteiger partial charge is 0.481 e.